The van der Waals surface area contributed by atoms with Crippen molar-refractivity contribution in [2.24, 2.45) is 0 Å². The molecule has 1 unspecified atom stereocenters. The van der Waals surface area contributed by atoms with E-state index < -0.39 is 0 Å². The second-order valence-electron chi connectivity index (χ2n) is 8.41. The quantitative estimate of drug-likeness (QED) is 0.587. The number of piperidine rings is 1. The number of benzene rings is 2. The molecule has 0 amide bonds. The third kappa shape index (κ3) is 4.06. The molecular weight excluding hydrogens is 374 g/mol. The fourth-order valence-electron chi connectivity index (χ4n) is 5.21. The average molecular weight is 408 g/mol. The molecule has 2 aliphatic heterocycles. The highest BCUT2D eigenvalue weighted by Crippen LogP contribution is 2.40. The Kier molecular flexibility index (Phi) is 6.21. The van der Waals surface area contributed by atoms with Crippen molar-refractivity contribution in [2.75, 3.05) is 25.0 Å². The lowest BCUT2D eigenvalue weighted by Gasteiger charge is -2.43. The normalized spacial score (nSPS) is 23.8. The van der Waals surface area contributed by atoms with Crippen molar-refractivity contribution in [3.8, 4) is 0 Å². The summed E-state index contributed by atoms with van der Waals surface area (Å²) in [5.74, 6) is 0. The molecule has 2 fully saturated rings. The van der Waals surface area contributed by atoms with Gasteiger partial charge in [0.25, 0.3) is 0 Å². The zero-order valence-corrected chi connectivity index (χ0v) is 18.7. The number of thiocarbonyl (C=S) groups is 1. The van der Waals surface area contributed by atoms with Crippen molar-refractivity contribution in [3.05, 3.63) is 60.2 Å². The van der Waals surface area contributed by atoms with Crippen molar-refractivity contribution in [1.29, 1.82) is 0 Å². The molecule has 154 valence electrons. The minimum atomic E-state index is 0.548. The number of para-hydroxylation sites is 1. The molecule has 0 saturated carbocycles. The van der Waals surface area contributed by atoms with E-state index in [2.05, 4.69) is 90.2 Å². The van der Waals surface area contributed by atoms with Gasteiger partial charge in [-0.3, -0.25) is 0 Å². The Bertz CT molecular complexity index is 802. The number of nitrogens with zero attached hydrogens (tertiary/aromatic N) is 3. The van der Waals surface area contributed by atoms with E-state index in [4.69, 9.17) is 12.2 Å². The van der Waals surface area contributed by atoms with Gasteiger partial charge in [-0.05, 0) is 83.0 Å². The van der Waals surface area contributed by atoms with Crippen LogP contribution in [0.25, 0.3) is 0 Å². The summed E-state index contributed by atoms with van der Waals surface area (Å²) in [4.78, 5) is 8.38. The summed E-state index contributed by atoms with van der Waals surface area (Å²) >= 11 is 5.73. The summed E-state index contributed by atoms with van der Waals surface area (Å²) in [5.41, 5.74) is 3.71. The molecule has 2 heterocycles. The Morgan fingerprint density at radius 2 is 1.45 bits per heavy atom. The number of rotatable bonds is 6. The molecule has 4 rings (SSSR count). The van der Waals surface area contributed by atoms with Crippen LogP contribution in [0.15, 0.2) is 54.6 Å². The Morgan fingerprint density at radius 1 is 0.897 bits per heavy atom. The summed E-state index contributed by atoms with van der Waals surface area (Å²) in [6, 6.07) is 21.8. The molecule has 3 atom stereocenters. The molecule has 2 aromatic rings. The molecule has 0 spiro atoms. The van der Waals surface area contributed by atoms with Crippen molar-refractivity contribution >= 4 is 28.6 Å². The number of hydrogen-bond donors (Lipinski definition) is 0. The molecular formula is C25H33N3S. The highest BCUT2D eigenvalue weighted by Gasteiger charge is 2.40. The van der Waals surface area contributed by atoms with Gasteiger partial charge in [-0.25, -0.2) is 0 Å². The monoisotopic (exact) mass is 407 g/mol. The summed E-state index contributed by atoms with van der Waals surface area (Å²) in [7, 11) is 2.31. The van der Waals surface area contributed by atoms with Crippen LogP contribution in [-0.2, 0) is 0 Å². The second-order valence-corrected chi connectivity index (χ2v) is 8.79. The van der Waals surface area contributed by atoms with Gasteiger partial charge in [0.1, 0.15) is 4.99 Å². The predicted molar refractivity (Wildman–Crippen MR) is 127 cm³/mol. The van der Waals surface area contributed by atoms with E-state index in [-0.39, 0.29) is 0 Å². The Labute approximate surface area is 181 Å². The molecule has 0 N–H and O–H groups in total. The van der Waals surface area contributed by atoms with Crippen LogP contribution >= 0.6 is 12.2 Å². The van der Waals surface area contributed by atoms with E-state index in [0.29, 0.717) is 6.04 Å². The molecule has 2 bridgehead atoms. The van der Waals surface area contributed by atoms with E-state index in [1.165, 1.54) is 37.1 Å². The Balaban J connectivity index is 1.63. The van der Waals surface area contributed by atoms with Crippen LogP contribution in [-0.4, -0.2) is 53.1 Å². The first kappa shape index (κ1) is 20.4. The number of fused-ring (bicyclic) bond motifs is 2. The highest BCUT2D eigenvalue weighted by molar-refractivity contribution is 7.80. The molecule has 2 aliphatic rings. The van der Waals surface area contributed by atoms with Crippen LogP contribution < -0.4 is 4.90 Å². The van der Waals surface area contributed by atoms with E-state index in [0.717, 1.165) is 35.7 Å². The zero-order chi connectivity index (χ0) is 20.4. The lowest BCUT2D eigenvalue weighted by molar-refractivity contribution is 0.162. The topological polar surface area (TPSA) is 9.72 Å². The van der Waals surface area contributed by atoms with Gasteiger partial charge in [0.05, 0.1) is 0 Å². The van der Waals surface area contributed by atoms with E-state index in [1.54, 1.807) is 0 Å². The standard InChI is InChI=1S/C25H33N3S/c1-4-27(5-2)25(29)19-11-13-21(14-12-19)28(20-9-7-6-8-10-20)24-17-22-15-16-23(18-24)26(22)3/h6-14,22-24H,4-5,15-18H2,1-3H3/t22-,23+,24?. The molecule has 0 radical (unpaired) electrons. The maximum absolute atomic E-state index is 5.73. The van der Waals surface area contributed by atoms with Crippen molar-refractivity contribution in [3.63, 3.8) is 0 Å². The molecule has 2 aromatic carbocycles. The van der Waals surface area contributed by atoms with Gasteiger partial charge >= 0.3 is 0 Å². The first-order chi connectivity index (χ1) is 14.1. The maximum atomic E-state index is 5.73. The summed E-state index contributed by atoms with van der Waals surface area (Å²) < 4.78 is 0. The third-order valence-electron chi connectivity index (χ3n) is 6.92. The largest absolute Gasteiger partial charge is 0.363 e. The summed E-state index contributed by atoms with van der Waals surface area (Å²) in [6.07, 6.45) is 5.16. The predicted octanol–water partition coefficient (Wildman–Crippen LogP) is 5.47. The molecule has 0 aromatic heterocycles. The van der Waals surface area contributed by atoms with Gasteiger partial charge in [0.2, 0.25) is 0 Å². The molecule has 29 heavy (non-hydrogen) atoms. The molecule has 2 saturated heterocycles. The molecule has 4 heteroatoms. The maximum Gasteiger partial charge on any atom is 0.109 e. The lowest BCUT2D eigenvalue weighted by atomic mass is 9.95. The van der Waals surface area contributed by atoms with Crippen LogP contribution in [0.3, 0.4) is 0 Å². The van der Waals surface area contributed by atoms with Gasteiger partial charge < -0.3 is 14.7 Å². The smallest absolute Gasteiger partial charge is 0.109 e. The minimum absolute atomic E-state index is 0.548. The van der Waals surface area contributed by atoms with Gasteiger partial charge in [0.15, 0.2) is 0 Å². The minimum Gasteiger partial charge on any atom is -0.363 e. The van der Waals surface area contributed by atoms with Gasteiger partial charge in [-0.1, -0.05) is 30.4 Å². The summed E-state index contributed by atoms with van der Waals surface area (Å²) in [6.45, 7) is 6.22. The fraction of sp³-hybridized carbons (Fsp3) is 0.480. The summed E-state index contributed by atoms with van der Waals surface area (Å²) in [5, 5.41) is 0. The highest BCUT2D eigenvalue weighted by atomic mass is 32.1. The Hall–Kier alpha value is -1.91. The van der Waals surface area contributed by atoms with Crippen LogP contribution in [0.1, 0.15) is 45.1 Å². The lowest BCUT2D eigenvalue weighted by Crippen LogP contribution is -2.47. The van der Waals surface area contributed by atoms with Crippen LogP contribution in [0.5, 0.6) is 0 Å². The van der Waals surface area contributed by atoms with Crippen molar-refractivity contribution < 1.29 is 0 Å². The number of anilines is 2. The molecule has 3 nitrogen and oxygen atoms in total. The van der Waals surface area contributed by atoms with E-state index in [9.17, 15) is 0 Å². The first-order valence-corrected chi connectivity index (χ1v) is 11.5. The van der Waals surface area contributed by atoms with Crippen LogP contribution in [0, 0.1) is 0 Å². The SMILES string of the molecule is CCN(CC)C(=S)c1ccc(N(c2ccccc2)C2C[C@H]3CC[C@@H](C2)N3C)cc1. The second kappa shape index (κ2) is 8.85. The molecule has 0 aliphatic carbocycles. The van der Waals surface area contributed by atoms with Crippen molar-refractivity contribution in [2.45, 2.75) is 57.7 Å². The Morgan fingerprint density at radius 3 is 2.00 bits per heavy atom. The van der Waals surface area contributed by atoms with Gasteiger partial charge in [0, 0.05) is 48.2 Å². The third-order valence-corrected chi connectivity index (χ3v) is 7.41. The van der Waals surface area contributed by atoms with Crippen LogP contribution in [0.4, 0.5) is 11.4 Å². The van der Waals surface area contributed by atoms with Crippen LogP contribution in [0.2, 0.25) is 0 Å². The average Bonchev–Trinajstić information content (AvgIpc) is 2.96. The van der Waals surface area contributed by atoms with Gasteiger partial charge in [-0.15, -0.1) is 0 Å². The van der Waals surface area contributed by atoms with Crippen molar-refractivity contribution in [1.82, 2.24) is 9.80 Å². The fourth-order valence-corrected chi connectivity index (χ4v) is 5.61. The number of hydrogen-bond acceptors (Lipinski definition) is 3. The zero-order valence-electron chi connectivity index (χ0n) is 17.9. The van der Waals surface area contributed by atoms with E-state index in [1.807, 2.05) is 0 Å². The van der Waals surface area contributed by atoms with E-state index >= 15 is 0 Å². The van der Waals surface area contributed by atoms with Gasteiger partial charge in [-0.2, -0.15) is 0 Å². The first-order valence-electron chi connectivity index (χ1n) is 11.1.